The van der Waals surface area contributed by atoms with Crippen molar-refractivity contribution < 1.29 is 9.53 Å². The van der Waals surface area contributed by atoms with Crippen molar-refractivity contribution in [1.82, 2.24) is 10.2 Å². The molecular formula is C19H16Cl2N2O2S. The Morgan fingerprint density at radius 1 is 1.19 bits per heavy atom. The van der Waals surface area contributed by atoms with E-state index in [-0.39, 0.29) is 5.91 Å². The molecule has 0 spiro atoms. The van der Waals surface area contributed by atoms with Gasteiger partial charge in [-0.3, -0.25) is 9.69 Å². The van der Waals surface area contributed by atoms with E-state index in [2.05, 4.69) is 5.32 Å². The van der Waals surface area contributed by atoms with Gasteiger partial charge in [0.15, 0.2) is 10.9 Å². The van der Waals surface area contributed by atoms with Crippen LogP contribution in [0.2, 0.25) is 10.0 Å². The van der Waals surface area contributed by atoms with Gasteiger partial charge in [-0.1, -0.05) is 53.0 Å². The van der Waals surface area contributed by atoms with Crippen molar-refractivity contribution in [1.29, 1.82) is 0 Å². The largest absolute Gasteiger partial charge is 0.486 e. The molecule has 0 saturated carbocycles. The van der Waals surface area contributed by atoms with E-state index in [0.29, 0.717) is 38.8 Å². The molecule has 7 heteroatoms. The molecule has 0 radical (unpaired) electrons. The lowest BCUT2D eigenvalue weighted by molar-refractivity contribution is -0.121. The van der Waals surface area contributed by atoms with E-state index in [0.717, 1.165) is 5.56 Å². The van der Waals surface area contributed by atoms with Gasteiger partial charge in [0.1, 0.15) is 12.3 Å². The van der Waals surface area contributed by atoms with Gasteiger partial charge in [0.05, 0.1) is 10.0 Å². The van der Waals surface area contributed by atoms with E-state index in [1.807, 2.05) is 31.2 Å². The topological polar surface area (TPSA) is 41.6 Å². The lowest BCUT2D eigenvalue weighted by Crippen LogP contribution is -2.25. The number of nitrogens with one attached hydrogen (secondary N) is 1. The maximum absolute atomic E-state index is 12.1. The molecule has 1 N–H and O–H groups in total. The number of carbonyl (C=O) groups is 1. The Morgan fingerprint density at radius 2 is 1.81 bits per heavy atom. The maximum Gasteiger partial charge on any atom is 0.276 e. The minimum atomic E-state index is -0.207. The number of benzene rings is 2. The number of thiocarbonyl (C=S) groups is 1. The zero-order valence-electron chi connectivity index (χ0n) is 14.2. The van der Waals surface area contributed by atoms with Gasteiger partial charge in [-0.05, 0) is 48.5 Å². The first-order valence-corrected chi connectivity index (χ1v) is 8.99. The van der Waals surface area contributed by atoms with Crippen LogP contribution in [0.3, 0.4) is 0 Å². The molecule has 1 aliphatic rings. The van der Waals surface area contributed by atoms with Crippen LogP contribution in [0.5, 0.6) is 5.75 Å². The molecule has 0 bridgehead atoms. The minimum absolute atomic E-state index is 0.207. The standard InChI is InChI=1S/C19H16Cl2N2O2S/c1-11-3-5-12(6-4-11)10-25-17-14(20)7-13(8-15(17)21)9-16-18(24)23(2)19(26)22-16/h3-9H,10H2,1-2H3,(H,22,26). The highest BCUT2D eigenvalue weighted by Crippen LogP contribution is 2.35. The van der Waals surface area contributed by atoms with Gasteiger partial charge < -0.3 is 10.1 Å². The fraction of sp³-hybridized carbons (Fsp3) is 0.158. The number of carbonyl (C=O) groups excluding carboxylic acids is 1. The number of ether oxygens (including phenoxy) is 1. The van der Waals surface area contributed by atoms with Gasteiger partial charge in [0, 0.05) is 7.05 Å². The van der Waals surface area contributed by atoms with Crippen LogP contribution in [-0.4, -0.2) is 23.0 Å². The summed E-state index contributed by atoms with van der Waals surface area (Å²) >= 11 is 17.7. The quantitative estimate of drug-likeness (QED) is 0.596. The summed E-state index contributed by atoms with van der Waals surface area (Å²) in [5.74, 6) is 0.205. The summed E-state index contributed by atoms with van der Waals surface area (Å²) < 4.78 is 5.78. The van der Waals surface area contributed by atoms with E-state index >= 15 is 0 Å². The molecule has 0 aromatic heterocycles. The van der Waals surface area contributed by atoms with Gasteiger partial charge >= 0.3 is 0 Å². The number of amides is 1. The average Bonchev–Trinajstić information content (AvgIpc) is 2.83. The number of hydrogen-bond acceptors (Lipinski definition) is 3. The van der Waals surface area contributed by atoms with E-state index in [1.165, 1.54) is 10.5 Å². The first-order valence-electron chi connectivity index (χ1n) is 7.83. The second-order valence-corrected chi connectivity index (χ2v) is 7.14. The second-order valence-electron chi connectivity index (χ2n) is 5.94. The minimum Gasteiger partial charge on any atom is -0.486 e. The summed E-state index contributed by atoms with van der Waals surface area (Å²) in [6.45, 7) is 2.39. The van der Waals surface area contributed by atoms with Gasteiger partial charge in [-0.25, -0.2) is 0 Å². The van der Waals surface area contributed by atoms with E-state index in [4.69, 9.17) is 40.2 Å². The normalized spacial score (nSPS) is 15.5. The van der Waals surface area contributed by atoms with Crippen LogP contribution in [0.15, 0.2) is 42.1 Å². The Morgan fingerprint density at radius 3 is 2.35 bits per heavy atom. The third-order valence-electron chi connectivity index (χ3n) is 3.92. The van der Waals surface area contributed by atoms with Crippen molar-refractivity contribution in [2.45, 2.75) is 13.5 Å². The number of halogens is 2. The van der Waals surface area contributed by atoms with Gasteiger partial charge in [0.25, 0.3) is 5.91 Å². The predicted molar refractivity (Wildman–Crippen MR) is 108 cm³/mol. The first kappa shape index (κ1) is 18.7. The van der Waals surface area contributed by atoms with Crippen molar-refractivity contribution in [3.8, 4) is 5.75 Å². The second kappa shape index (κ2) is 7.66. The third kappa shape index (κ3) is 4.01. The molecule has 1 amide bonds. The van der Waals surface area contributed by atoms with Crippen molar-refractivity contribution >= 4 is 52.5 Å². The summed E-state index contributed by atoms with van der Waals surface area (Å²) in [4.78, 5) is 13.4. The molecule has 134 valence electrons. The molecule has 0 unspecified atom stereocenters. The molecule has 2 aromatic rings. The molecular weight excluding hydrogens is 391 g/mol. The fourth-order valence-corrected chi connectivity index (χ4v) is 3.24. The summed E-state index contributed by atoms with van der Waals surface area (Å²) in [5.41, 5.74) is 3.25. The Kier molecular flexibility index (Phi) is 5.51. The third-order valence-corrected chi connectivity index (χ3v) is 4.85. The van der Waals surface area contributed by atoms with E-state index in [1.54, 1.807) is 25.3 Å². The van der Waals surface area contributed by atoms with Crippen LogP contribution < -0.4 is 10.1 Å². The molecule has 1 aliphatic heterocycles. The molecule has 0 atom stereocenters. The molecule has 1 saturated heterocycles. The maximum atomic E-state index is 12.1. The lowest BCUT2D eigenvalue weighted by atomic mass is 10.1. The lowest BCUT2D eigenvalue weighted by Gasteiger charge is -2.11. The SMILES string of the molecule is Cc1ccc(COc2c(Cl)cc(C=C3NC(=S)N(C)C3=O)cc2Cl)cc1. The summed E-state index contributed by atoms with van der Waals surface area (Å²) in [6.07, 6.45) is 1.65. The van der Waals surface area contributed by atoms with Crippen LogP contribution in [-0.2, 0) is 11.4 Å². The molecule has 1 heterocycles. The number of aryl methyl sites for hydroxylation is 1. The summed E-state index contributed by atoms with van der Waals surface area (Å²) in [6, 6.07) is 11.4. The Labute approximate surface area is 167 Å². The van der Waals surface area contributed by atoms with Crippen molar-refractivity contribution in [2.24, 2.45) is 0 Å². The average molecular weight is 407 g/mol. The zero-order valence-corrected chi connectivity index (χ0v) is 16.5. The molecule has 0 aliphatic carbocycles. The number of likely N-dealkylation sites (N-methyl/N-ethyl adjacent to an activating group) is 1. The molecule has 4 nitrogen and oxygen atoms in total. The van der Waals surface area contributed by atoms with Gasteiger partial charge in [-0.2, -0.15) is 0 Å². The van der Waals surface area contributed by atoms with Crippen LogP contribution in [0.1, 0.15) is 16.7 Å². The summed E-state index contributed by atoms with van der Waals surface area (Å²) in [5, 5.41) is 3.96. The predicted octanol–water partition coefficient (Wildman–Crippen LogP) is 4.57. The Bertz CT molecular complexity index is 887. The van der Waals surface area contributed by atoms with E-state index in [9.17, 15) is 4.79 Å². The molecule has 26 heavy (non-hydrogen) atoms. The highest BCUT2D eigenvalue weighted by Gasteiger charge is 2.27. The number of nitrogens with zero attached hydrogens (tertiary/aromatic N) is 1. The zero-order chi connectivity index (χ0) is 18.8. The van der Waals surface area contributed by atoms with Crippen molar-refractivity contribution in [3.05, 3.63) is 68.8 Å². The van der Waals surface area contributed by atoms with Gasteiger partial charge in [0.2, 0.25) is 0 Å². The highest BCUT2D eigenvalue weighted by atomic mass is 35.5. The molecule has 2 aromatic carbocycles. The van der Waals surface area contributed by atoms with Crippen LogP contribution in [0.25, 0.3) is 6.08 Å². The van der Waals surface area contributed by atoms with Gasteiger partial charge in [-0.15, -0.1) is 0 Å². The van der Waals surface area contributed by atoms with Crippen LogP contribution in [0.4, 0.5) is 0 Å². The first-order chi connectivity index (χ1) is 12.3. The molecule has 3 rings (SSSR count). The highest BCUT2D eigenvalue weighted by molar-refractivity contribution is 7.80. The number of rotatable bonds is 4. The van der Waals surface area contributed by atoms with Crippen molar-refractivity contribution in [3.63, 3.8) is 0 Å². The summed E-state index contributed by atoms with van der Waals surface area (Å²) in [7, 11) is 1.61. The van der Waals surface area contributed by atoms with Crippen LogP contribution >= 0.6 is 35.4 Å². The van der Waals surface area contributed by atoms with E-state index < -0.39 is 0 Å². The monoisotopic (exact) mass is 406 g/mol. The Hall–Kier alpha value is -2.08. The number of hydrogen-bond donors (Lipinski definition) is 1. The Balaban J connectivity index is 1.79. The van der Waals surface area contributed by atoms with Crippen LogP contribution in [0, 0.1) is 6.92 Å². The van der Waals surface area contributed by atoms with Crippen molar-refractivity contribution in [2.75, 3.05) is 7.05 Å². The smallest absolute Gasteiger partial charge is 0.276 e. The fourth-order valence-electron chi connectivity index (χ4n) is 2.43. The molecule has 1 fully saturated rings.